The Morgan fingerprint density at radius 2 is 2.35 bits per heavy atom. The van der Waals surface area contributed by atoms with Crippen molar-refractivity contribution in [2.75, 3.05) is 13.7 Å². The van der Waals surface area contributed by atoms with Crippen LogP contribution >= 0.6 is 0 Å². The molecule has 1 unspecified atom stereocenters. The first-order chi connectivity index (χ1) is 8.27. The molecule has 4 heteroatoms. The summed E-state index contributed by atoms with van der Waals surface area (Å²) in [6.07, 6.45) is 6.92. The lowest BCUT2D eigenvalue weighted by atomic mass is 9.94. The van der Waals surface area contributed by atoms with Crippen molar-refractivity contribution in [1.29, 1.82) is 0 Å². The Morgan fingerprint density at radius 3 is 2.94 bits per heavy atom. The Morgan fingerprint density at radius 1 is 1.53 bits per heavy atom. The second-order valence-electron chi connectivity index (χ2n) is 4.04. The predicted octanol–water partition coefficient (Wildman–Crippen LogP) is 1.86. The minimum Gasteiger partial charge on any atom is -0.469 e. The van der Waals surface area contributed by atoms with Crippen LogP contribution in [0.1, 0.15) is 37.2 Å². The molecule has 1 aromatic heterocycles. The molecule has 0 aliphatic carbocycles. The maximum absolute atomic E-state index is 10.9. The van der Waals surface area contributed by atoms with Gasteiger partial charge in [0.25, 0.3) is 0 Å². The number of nitrogens with two attached hydrogens (primary N) is 1. The summed E-state index contributed by atoms with van der Waals surface area (Å²) in [5, 5.41) is 0. The SMILES string of the molecule is COC(=O)CCCCC(CN)c1cccnc1. The standard InChI is InChI=1S/C13H20N2O2/c1-17-13(16)7-3-2-5-11(9-14)12-6-4-8-15-10-12/h4,6,8,10-11H,2-3,5,7,9,14H2,1H3. The Hall–Kier alpha value is -1.42. The average molecular weight is 236 g/mol. The first kappa shape index (κ1) is 13.6. The van der Waals surface area contributed by atoms with Gasteiger partial charge in [-0.1, -0.05) is 12.5 Å². The zero-order valence-corrected chi connectivity index (χ0v) is 10.3. The van der Waals surface area contributed by atoms with E-state index in [2.05, 4.69) is 9.72 Å². The molecule has 17 heavy (non-hydrogen) atoms. The summed E-state index contributed by atoms with van der Waals surface area (Å²) < 4.78 is 4.59. The number of carbonyl (C=O) groups excluding carboxylic acids is 1. The molecular formula is C13H20N2O2. The van der Waals surface area contributed by atoms with E-state index in [1.54, 1.807) is 6.20 Å². The van der Waals surface area contributed by atoms with E-state index in [9.17, 15) is 4.79 Å². The maximum atomic E-state index is 10.9. The summed E-state index contributed by atoms with van der Waals surface area (Å²) in [6, 6.07) is 3.97. The molecule has 0 saturated heterocycles. The third-order valence-corrected chi connectivity index (χ3v) is 2.85. The van der Waals surface area contributed by atoms with E-state index in [1.807, 2.05) is 18.3 Å². The summed E-state index contributed by atoms with van der Waals surface area (Å²) in [5.41, 5.74) is 6.93. The third kappa shape index (κ3) is 4.95. The molecule has 0 aliphatic rings. The highest BCUT2D eigenvalue weighted by molar-refractivity contribution is 5.68. The molecule has 2 N–H and O–H groups in total. The highest BCUT2D eigenvalue weighted by Crippen LogP contribution is 2.20. The van der Waals surface area contributed by atoms with Crippen molar-refractivity contribution >= 4 is 5.97 Å². The monoisotopic (exact) mass is 236 g/mol. The van der Waals surface area contributed by atoms with Gasteiger partial charge < -0.3 is 10.5 Å². The topological polar surface area (TPSA) is 65.2 Å². The van der Waals surface area contributed by atoms with Crippen LogP contribution in [-0.2, 0) is 9.53 Å². The van der Waals surface area contributed by atoms with Gasteiger partial charge in [0.2, 0.25) is 0 Å². The predicted molar refractivity (Wildman–Crippen MR) is 66.5 cm³/mol. The quantitative estimate of drug-likeness (QED) is 0.579. The van der Waals surface area contributed by atoms with Gasteiger partial charge in [-0.05, 0) is 36.9 Å². The number of hydrogen-bond donors (Lipinski definition) is 1. The van der Waals surface area contributed by atoms with Gasteiger partial charge in [-0.3, -0.25) is 9.78 Å². The van der Waals surface area contributed by atoms with Crippen molar-refractivity contribution in [3.05, 3.63) is 30.1 Å². The fourth-order valence-corrected chi connectivity index (χ4v) is 1.80. The molecule has 1 heterocycles. The Bertz CT molecular complexity index is 327. The van der Waals surface area contributed by atoms with Crippen molar-refractivity contribution in [2.45, 2.75) is 31.6 Å². The van der Waals surface area contributed by atoms with Gasteiger partial charge >= 0.3 is 5.97 Å². The molecule has 0 aliphatic heterocycles. The van der Waals surface area contributed by atoms with Crippen molar-refractivity contribution < 1.29 is 9.53 Å². The molecule has 0 radical (unpaired) electrons. The average Bonchev–Trinajstić information content (AvgIpc) is 2.39. The molecule has 1 aromatic rings. The minimum atomic E-state index is -0.143. The van der Waals surface area contributed by atoms with Crippen LogP contribution in [0.4, 0.5) is 0 Å². The highest BCUT2D eigenvalue weighted by atomic mass is 16.5. The van der Waals surface area contributed by atoms with Crippen molar-refractivity contribution in [2.24, 2.45) is 5.73 Å². The van der Waals surface area contributed by atoms with Gasteiger partial charge in [0, 0.05) is 18.8 Å². The summed E-state index contributed by atoms with van der Waals surface area (Å²) in [6.45, 7) is 0.615. The van der Waals surface area contributed by atoms with Crippen molar-refractivity contribution in [3.63, 3.8) is 0 Å². The lowest BCUT2D eigenvalue weighted by Gasteiger charge is -2.14. The Labute approximate surface area is 102 Å². The van der Waals surface area contributed by atoms with Crippen LogP contribution in [0.15, 0.2) is 24.5 Å². The number of rotatable bonds is 7. The fraction of sp³-hybridized carbons (Fsp3) is 0.538. The number of ether oxygens (including phenoxy) is 1. The van der Waals surface area contributed by atoms with Gasteiger partial charge in [0.15, 0.2) is 0 Å². The lowest BCUT2D eigenvalue weighted by Crippen LogP contribution is -2.13. The highest BCUT2D eigenvalue weighted by Gasteiger charge is 2.09. The van der Waals surface area contributed by atoms with E-state index in [1.165, 1.54) is 12.7 Å². The van der Waals surface area contributed by atoms with Crippen LogP contribution in [0.2, 0.25) is 0 Å². The summed E-state index contributed by atoms with van der Waals surface area (Å²) >= 11 is 0. The molecule has 1 rings (SSSR count). The van der Waals surface area contributed by atoms with E-state index in [0.717, 1.165) is 19.3 Å². The summed E-state index contributed by atoms with van der Waals surface area (Å²) in [4.78, 5) is 15.0. The largest absolute Gasteiger partial charge is 0.469 e. The van der Waals surface area contributed by atoms with Crippen molar-refractivity contribution in [3.8, 4) is 0 Å². The second kappa shape index (κ2) is 7.79. The first-order valence-corrected chi connectivity index (χ1v) is 5.94. The van der Waals surface area contributed by atoms with Gasteiger partial charge in [-0.2, -0.15) is 0 Å². The molecule has 0 amide bonds. The number of esters is 1. The van der Waals surface area contributed by atoms with Crippen molar-refractivity contribution in [1.82, 2.24) is 4.98 Å². The van der Waals surface area contributed by atoms with E-state index < -0.39 is 0 Å². The molecule has 0 saturated carbocycles. The molecule has 1 atom stereocenters. The molecule has 0 spiro atoms. The minimum absolute atomic E-state index is 0.143. The first-order valence-electron chi connectivity index (χ1n) is 5.94. The van der Waals surface area contributed by atoms with Gasteiger partial charge in [-0.25, -0.2) is 0 Å². The van der Waals surface area contributed by atoms with Crippen LogP contribution in [0.25, 0.3) is 0 Å². The molecule has 0 fully saturated rings. The van der Waals surface area contributed by atoms with Gasteiger partial charge in [-0.15, -0.1) is 0 Å². The zero-order chi connectivity index (χ0) is 12.5. The van der Waals surface area contributed by atoms with Crippen LogP contribution < -0.4 is 5.73 Å². The van der Waals surface area contributed by atoms with Crippen LogP contribution in [-0.4, -0.2) is 24.6 Å². The van der Waals surface area contributed by atoms with E-state index in [0.29, 0.717) is 18.9 Å². The molecule has 4 nitrogen and oxygen atoms in total. The van der Waals surface area contributed by atoms with E-state index in [4.69, 9.17) is 5.73 Å². The second-order valence-corrected chi connectivity index (χ2v) is 4.04. The van der Waals surface area contributed by atoms with Gasteiger partial charge in [0.05, 0.1) is 7.11 Å². The van der Waals surface area contributed by atoms with Crippen LogP contribution in [0, 0.1) is 0 Å². The lowest BCUT2D eigenvalue weighted by molar-refractivity contribution is -0.140. The summed E-state index contributed by atoms with van der Waals surface area (Å²) in [5.74, 6) is 0.192. The Balaban J connectivity index is 2.31. The molecular weight excluding hydrogens is 216 g/mol. The Kier molecular flexibility index (Phi) is 6.25. The van der Waals surface area contributed by atoms with Crippen LogP contribution in [0.5, 0.6) is 0 Å². The number of nitrogens with zero attached hydrogens (tertiary/aromatic N) is 1. The number of pyridine rings is 1. The van der Waals surface area contributed by atoms with Gasteiger partial charge in [0.1, 0.15) is 0 Å². The van der Waals surface area contributed by atoms with Crippen LogP contribution in [0.3, 0.4) is 0 Å². The normalized spacial score (nSPS) is 12.1. The van der Waals surface area contributed by atoms with E-state index >= 15 is 0 Å². The number of carbonyl (C=O) groups is 1. The molecule has 94 valence electrons. The zero-order valence-electron chi connectivity index (χ0n) is 10.3. The third-order valence-electron chi connectivity index (χ3n) is 2.85. The molecule has 0 bridgehead atoms. The fourth-order valence-electron chi connectivity index (χ4n) is 1.80. The van der Waals surface area contributed by atoms with E-state index in [-0.39, 0.29) is 5.97 Å². The molecule has 0 aromatic carbocycles. The number of hydrogen-bond acceptors (Lipinski definition) is 4. The summed E-state index contributed by atoms with van der Waals surface area (Å²) in [7, 11) is 1.42. The number of aromatic nitrogens is 1. The smallest absolute Gasteiger partial charge is 0.305 e. The maximum Gasteiger partial charge on any atom is 0.305 e. The number of unbranched alkanes of at least 4 members (excludes halogenated alkanes) is 1. The number of methoxy groups -OCH3 is 1.